The van der Waals surface area contributed by atoms with Crippen molar-refractivity contribution >= 4 is 28.1 Å². The van der Waals surface area contributed by atoms with Gasteiger partial charge in [-0.15, -0.1) is 0 Å². The highest BCUT2D eigenvalue weighted by atomic mass is 16.5. The first kappa shape index (κ1) is 18.1. The molecule has 0 aliphatic heterocycles. The molecule has 150 valence electrons. The van der Waals surface area contributed by atoms with Crippen LogP contribution in [-0.4, -0.2) is 48.7 Å². The van der Waals surface area contributed by atoms with Gasteiger partial charge in [-0.25, -0.2) is 15.0 Å². The van der Waals surface area contributed by atoms with Crippen molar-refractivity contribution in [3.63, 3.8) is 0 Å². The highest BCUT2D eigenvalue weighted by molar-refractivity contribution is 5.95. The lowest BCUT2D eigenvalue weighted by Crippen LogP contribution is -2.40. The second-order valence-electron chi connectivity index (χ2n) is 8.02. The maximum Gasteiger partial charge on any atom is 0.224 e. The third-order valence-corrected chi connectivity index (χ3v) is 5.74. The van der Waals surface area contributed by atoms with Crippen LogP contribution < -0.4 is 5.32 Å². The Kier molecular flexibility index (Phi) is 4.24. The number of hydrogen-bond donors (Lipinski definition) is 2. The second-order valence-corrected chi connectivity index (χ2v) is 8.02. The van der Waals surface area contributed by atoms with E-state index in [1.807, 2.05) is 25.5 Å². The van der Waals surface area contributed by atoms with Crippen LogP contribution >= 0.6 is 0 Å². The van der Waals surface area contributed by atoms with Gasteiger partial charge in [0.05, 0.1) is 11.6 Å². The lowest BCUT2D eigenvalue weighted by molar-refractivity contribution is 0.0327. The number of aromatic nitrogens is 6. The molecule has 1 aliphatic rings. The molecular formula is C21H25N7O. The minimum absolute atomic E-state index is 0.321. The van der Waals surface area contributed by atoms with E-state index in [9.17, 15) is 0 Å². The summed E-state index contributed by atoms with van der Waals surface area (Å²) >= 11 is 0. The largest absolute Gasteiger partial charge is 0.381 e. The summed E-state index contributed by atoms with van der Waals surface area (Å²) in [5.74, 6) is 1.62. The van der Waals surface area contributed by atoms with E-state index < -0.39 is 0 Å². The number of hydrogen-bond acceptors (Lipinski definition) is 6. The molecule has 8 nitrogen and oxygen atoms in total. The van der Waals surface area contributed by atoms with Crippen LogP contribution in [0.1, 0.15) is 38.6 Å². The van der Waals surface area contributed by atoms with Crippen molar-refractivity contribution in [2.45, 2.75) is 51.8 Å². The summed E-state index contributed by atoms with van der Waals surface area (Å²) in [4.78, 5) is 21.6. The van der Waals surface area contributed by atoms with Crippen LogP contribution in [0.5, 0.6) is 0 Å². The van der Waals surface area contributed by atoms with E-state index in [0.717, 1.165) is 52.0 Å². The fourth-order valence-electron chi connectivity index (χ4n) is 4.16. The van der Waals surface area contributed by atoms with Gasteiger partial charge < -0.3 is 19.6 Å². The molecule has 1 saturated carbocycles. The molecule has 8 heteroatoms. The van der Waals surface area contributed by atoms with Gasteiger partial charge in [-0.1, -0.05) is 0 Å². The molecule has 1 fully saturated rings. The topological polar surface area (TPSA) is 93.5 Å². The highest BCUT2D eigenvalue weighted by Gasteiger charge is 2.29. The molecule has 0 spiro atoms. The summed E-state index contributed by atoms with van der Waals surface area (Å²) in [6.07, 6.45) is 8.04. The second kappa shape index (κ2) is 6.81. The number of pyridine rings is 1. The molecule has 2 N–H and O–H groups in total. The molecule has 0 bridgehead atoms. The van der Waals surface area contributed by atoms with Gasteiger partial charge in [-0.05, 0) is 39.7 Å². The molecule has 0 aromatic carbocycles. The minimum atomic E-state index is 0.321. The molecule has 0 atom stereocenters. The van der Waals surface area contributed by atoms with Crippen molar-refractivity contribution in [2.24, 2.45) is 0 Å². The SMILES string of the molecule is COC1CC(Nc2ncc3c(-c4cnc5nc(C)n(C(C)C)c5c4)c[nH]c3n2)C1. The van der Waals surface area contributed by atoms with Gasteiger partial charge in [-0.3, -0.25) is 0 Å². The Morgan fingerprint density at radius 1 is 1.21 bits per heavy atom. The number of methoxy groups -OCH3 is 1. The standard InChI is InChI=1S/C21H25N7O/c1-11(2)28-12(3)25-20-18(28)5-13(8-22-20)16-9-23-19-17(16)10-24-21(27-19)26-14-6-15(7-14)29-4/h5,8-11,14-15H,6-7H2,1-4H3,(H2,23,24,26,27). The van der Waals surface area contributed by atoms with Gasteiger partial charge in [0.2, 0.25) is 5.95 Å². The molecule has 0 amide bonds. The Labute approximate surface area is 168 Å². The highest BCUT2D eigenvalue weighted by Crippen LogP contribution is 2.31. The number of ether oxygens (including phenoxy) is 1. The number of H-pyrrole nitrogens is 1. The maximum absolute atomic E-state index is 5.33. The Hall–Kier alpha value is -3.00. The summed E-state index contributed by atoms with van der Waals surface area (Å²) in [6, 6.07) is 2.84. The van der Waals surface area contributed by atoms with Crippen molar-refractivity contribution in [1.29, 1.82) is 0 Å². The zero-order chi connectivity index (χ0) is 20.1. The molecule has 0 saturated heterocycles. The van der Waals surface area contributed by atoms with Crippen LogP contribution in [0.15, 0.2) is 24.7 Å². The predicted octanol–water partition coefficient (Wildman–Crippen LogP) is 3.85. The van der Waals surface area contributed by atoms with Gasteiger partial charge in [0.15, 0.2) is 5.65 Å². The third-order valence-electron chi connectivity index (χ3n) is 5.74. The fourth-order valence-corrected chi connectivity index (χ4v) is 4.16. The Morgan fingerprint density at radius 2 is 2.03 bits per heavy atom. The number of imidazole rings is 1. The van der Waals surface area contributed by atoms with Crippen molar-refractivity contribution in [2.75, 3.05) is 12.4 Å². The normalized spacial score (nSPS) is 19.2. The molecule has 4 heterocycles. The number of nitrogens with zero attached hydrogens (tertiary/aromatic N) is 5. The predicted molar refractivity (Wildman–Crippen MR) is 113 cm³/mol. The summed E-state index contributed by atoms with van der Waals surface area (Å²) < 4.78 is 7.55. The zero-order valence-electron chi connectivity index (χ0n) is 17.1. The summed E-state index contributed by atoms with van der Waals surface area (Å²) in [6.45, 7) is 6.34. The van der Waals surface area contributed by atoms with Crippen LogP contribution in [-0.2, 0) is 4.74 Å². The fraction of sp³-hybridized carbons (Fsp3) is 0.429. The molecule has 0 radical (unpaired) electrons. The number of rotatable bonds is 5. The monoisotopic (exact) mass is 391 g/mol. The van der Waals surface area contributed by atoms with Crippen LogP contribution in [0, 0.1) is 6.92 Å². The van der Waals surface area contributed by atoms with Crippen molar-refractivity contribution < 1.29 is 4.74 Å². The number of fused-ring (bicyclic) bond motifs is 2. The average Bonchev–Trinajstić information content (AvgIpc) is 3.23. The van der Waals surface area contributed by atoms with Gasteiger partial charge in [0, 0.05) is 54.3 Å². The van der Waals surface area contributed by atoms with Gasteiger partial charge >= 0.3 is 0 Å². The summed E-state index contributed by atoms with van der Waals surface area (Å²) in [5, 5.41) is 4.36. The molecule has 0 unspecified atom stereocenters. The smallest absolute Gasteiger partial charge is 0.224 e. The Morgan fingerprint density at radius 3 is 2.79 bits per heavy atom. The first-order chi connectivity index (χ1) is 14.0. The van der Waals surface area contributed by atoms with Crippen LogP contribution in [0.25, 0.3) is 33.3 Å². The molecular weight excluding hydrogens is 366 g/mol. The minimum Gasteiger partial charge on any atom is -0.381 e. The van der Waals surface area contributed by atoms with E-state index in [4.69, 9.17) is 4.74 Å². The number of anilines is 1. The number of aromatic amines is 1. The van der Waals surface area contributed by atoms with E-state index >= 15 is 0 Å². The summed E-state index contributed by atoms with van der Waals surface area (Å²) in [7, 11) is 1.76. The molecule has 4 aromatic rings. The van der Waals surface area contributed by atoms with Gasteiger partial charge in [0.1, 0.15) is 11.5 Å². The van der Waals surface area contributed by atoms with E-state index in [-0.39, 0.29) is 0 Å². The molecule has 5 rings (SSSR count). The lowest BCUT2D eigenvalue weighted by atomic mass is 9.89. The Bertz CT molecular complexity index is 1190. The van der Waals surface area contributed by atoms with Crippen LogP contribution in [0.2, 0.25) is 0 Å². The quantitative estimate of drug-likeness (QED) is 0.537. The summed E-state index contributed by atoms with van der Waals surface area (Å²) in [5.41, 5.74) is 4.70. The molecule has 1 aliphatic carbocycles. The van der Waals surface area contributed by atoms with Crippen molar-refractivity contribution in [3.8, 4) is 11.1 Å². The molecule has 29 heavy (non-hydrogen) atoms. The van der Waals surface area contributed by atoms with E-state index in [1.54, 1.807) is 7.11 Å². The lowest BCUT2D eigenvalue weighted by Gasteiger charge is -2.34. The van der Waals surface area contributed by atoms with Gasteiger partial charge in [-0.2, -0.15) is 4.98 Å². The maximum atomic E-state index is 5.33. The van der Waals surface area contributed by atoms with E-state index in [1.165, 1.54) is 0 Å². The van der Waals surface area contributed by atoms with E-state index in [0.29, 0.717) is 24.1 Å². The first-order valence-electron chi connectivity index (χ1n) is 10.0. The average molecular weight is 391 g/mol. The van der Waals surface area contributed by atoms with Crippen LogP contribution in [0.3, 0.4) is 0 Å². The third kappa shape index (κ3) is 3.04. The molecule has 4 aromatic heterocycles. The Balaban J connectivity index is 1.48. The van der Waals surface area contributed by atoms with Crippen LogP contribution in [0.4, 0.5) is 5.95 Å². The zero-order valence-corrected chi connectivity index (χ0v) is 17.1. The first-order valence-corrected chi connectivity index (χ1v) is 10.0. The van der Waals surface area contributed by atoms with E-state index in [2.05, 4.69) is 54.7 Å². The van der Waals surface area contributed by atoms with Crippen molar-refractivity contribution in [3.05, 3.63) is 30.5 Å². The number of aryl methyl sites for hydroxylation is 1. The van der Waals surface area contributed by atoms with Gasteiger partial charge in [0.25, 0.3) is 0 Å². The van der Waals surface area contributed by atoms with Crippen molar-refractivity contribution in [1.82, 2.24) is 29.5 Å². The number of nitrogens with one attached hydrogen (secondary N) is 2.